The third kappa shape index (κ3) is 4.28. The molecule has 0 saturated carbocycles. The SMILES string of the molecule is Cc1nc(NC(=O)c2nnn(-c3ccccc3)c2C)sc1Cc1ccc(Br)cc1. The fourth-order valence-electron chi connectivity index (χ4n) is 2.94. The van der Waals surface area contributed by atoms with E-state index in [1.165, 1.54) is 16.9 Å². The number of hydrogen-bond acceptors (Lipinski definition) is 5. The van der Waals surface area contributed by atoms with E-state index < -0.39 is 0 Å². The third-order valence-electron chi connectivity index (χ3n) is 4.50. The van der Waals surface area contributed by atoms with Crippen molar-refractivity contribution in [2.24, 2.45) is 0 Å². The van der Waals surface area contributed by atoms with E-state index in [9.17, 15) is 4.79 Å². The molecule has 0 spiro atoms. The molecule has 29 heavy (non-hydrogen) atoms. The number of aromatic nitrogens is 4. The lowest BCUT2D eigenvalue weighted by atomic mass is 10.1. The summed E-state index contributed by atoms with van der Waals surface area (Å²) in [5.74, 6) is -0.311. The second-order valence-electron chi connectivity index (χ2n) is 6.56. The number of nitrogens with one attached hydrogen (secondary N) is 1. The number of anilines is 1. The van der Waals surface area contributed by atoms with Gasteiger partial charge in [-0.05, 0) is 43.7 Å². The quantitative estimate of drug-likeness (QED) is 0.450. The van der Waals surface area contributed by atoms with Crippen molar-refractivity contribution >= 4 is 38.3 Å². The van der Waals surface area contributed by atoms with Crippen molar-refractivity contribution in [2.75, 3.05) is 5.32 Å². The summed E-state index contributed by atoms with van der Waals surface area (Å²) in [5.41, 5.74) is 3.93. The minimum Gasteiger partial charge on any atom is -0.296 e. The molecule has 2 aromatic heterocycles. The van der Waals surface area contributed by atoms with Gasteiger partial charge in [-0.15, -0.1) is 16.4 Å². The van der Waals surface area contributed by atoms with Gasteiger partial charge in [0.2, 0.25) is 0 Å². The molecule has 0 fully saturated rings. The minimum atomic E-state index is -0.311. The molecule has 146 valence electrons. The van der Waals surface area contributed by atoms with E-state index in [1.807, 2.05) is 56.3 Å². The maximum Gasteiger partial charge on any atom is 0.279 e. The largest absolute Gasteiger partial charge is 0.296 e. The van der Waals surface area contributed by atoms with E-state index in [1.54, 1.807) is 4.68 Å². The van der Waals surface area contributed by atoms with E-state index in [0.29, 0.717) is 10.8 Å². The maximum absolute atomic E-state index is 12.7. The monoisotopic (exact) mass is 467 g/mol. The van der Waals surface area contributed by atoms with Crippen molar-refractivity contribution in [3.8, 4) is 5.69 Å². The van der Waals surface area contributed by atoms with Crippen LogP contribution in [0, 0.1) is 13.8 Å². The van der Waals surface area contributed by atoms with Gasteiger partial charge in [-0.2, -0.15) is 0 Å². The van der Waals surface area contributed by atoms with Crippen LogP contribution in [0.3, 0.4) is 0 Å². The van der Waals surface area contributed by atoms with Gasteiger partial charge in [-0.25, -0.2) is 9.67 Å². The number of thiazole rings is 1. The molecule has 1 amide bonds. The first kappa shape index (κ1) is 19.5. The average Bonchev–Trinajstić information content (AvgIpc) is 3.26. The van der Waals surface area contributed by atoms with Crippen LogP contribution in [0.4, 0.5) is 5.13 Å². The predicted octanol–water partition coefficient (Wildman–Crippen LogP) is 4.95. The average molecular weight is 468 g/mol. The number of aryl methyl sites for hydroxylation is 1. The number of hydrogen-bond donors (Lipinski definition) is 1. The van der Waals surface area contributed by atoms with E-state index in [-0.39, 0.29) is 11.6 Å². The second-order valence-corrected chi connectivity index (χ2v) is 8.56. The number of halogens is 1. The molecule has 0 atom stereocenters. The highest BCUT2D eigenvalue weighted by Crippen LogP contribution is 2.26. The summed E-state index contributed by atoms with van der Waals surface area (Å²) in [4.78, 5) is 18.4. The van der Waals surface area contributed by atoms with Crippen molar-refractivity contribution in [1.82, 2.24) is 20.0 Å². The highest BCUT2D eigenvalue weighted by Gasteiger charge is 2.19. The van der Waals surface area contributed by atoms with Crippen molar-refractivity contribution in [2.45, 2.75) is 20.3 Å². The Kier molecular flexibility index (Phi) is 5.55. The van der Waals surface area contributed by atoms with E-state index in [0.717, 1.165) is 27.2 Å². The molecule has 4 aromatic rings. The highest BCUT2D eigenvalue weighted by molar-refractivity contribution is 9.10. The van der Waals surface area contributed by atoms with Gasteiger partial charge in [0.25, 0.3) is 5.91 Å². The smallest absolute Gasteiger partial charge is 0.279 e. The van der Waals surface area contributed by atoms with Crippen molar-refractivity contribution in [3.05, 3.63) is 86.6 Å². The van der Waals surface area contributed by atoms with E-state index in [4.69, 9.17) is 0 Å². The van der Waals surface area contributed by atoms with Crippen LogP contribution in [0.15, 0.2) is 59.1 Å². The summed E-state index contributed by atoms with van der Waals surface area (Å²) in [6, 6.07) is 17.8. The van der Waals surface area contributed by atoms with Gasteiger partial charge in [-0.1, -0.05) is 51.5 Å². The molecule has 0 bridgehead atoms. The van der Waals surface area contributed by atoms with Crippen LogP contribution in [0.1, 0.15) is 32.3 Å². The third-order valence-corrected chi connectivity index (χ3v) is 6.10. The number of amides is 1. The Balaban J connectivity index is 1.51. The van der Waals surface area contributed by atoms with Gasteiger partial charge >= 0.3 is 0 Å². The first-order chi connectivity index (χ1) is 14.0. The van der Waals surface area contributed by atoms with Crippen molar-refractivity contribution in [3.63, 3.8) is 0 Å². The summed E-state index contributed by atoms with van der Waals surface area (Å²) >= 11 is 4.93. The molecular weight excluding hydrogens is 450 g/mol. The van der Waals surface area contributed by atoms with Gasteiger partial charge in [-0.3, -0.25) is 10.1 Å². The Labute approximate surface area is 180 Å². The lowest BCUT2D eigenvalue weighted by molar-refractivity contribution is 0.102. The van der Waals surface area contributed by atoms with Crippen LogP contribution in [-0.2, 0) is 6.42 Å². The molecular formula is C21H18BrN5OS. The standard InChI is InChI=1S/C21H18BrN5OS/c1-13-18(12-15-8-10-16(22)11-9-15)29-21(23-13)24-20(28)19-14(2)27(26-25-19)17-6-4-3-5-7-17/h3-11H,12H2,1-2H3,(H,23,24,28). The fourth-order valence-corrected chi connectivity index (χ4v) is 4.20. The molecule has 2 heterocycles. The molecule has 4 rings (SSSR count). The van der Waals surface area contributed by atoms with Crippen LogP contribution in [0.2, 0.25) is 0 Å². The molecule has 0 radical (unpaired) electrons. The first-order valence-corrected chi connectivity index (χ1v) is 10.6. The molecule has 1 N–H and O–H groups in total. The van der Waals surface area contributed by atoms with Crippen LogP contribution >= 0.6 is 27.3 Å². The van der Waals surface area contributed by atoms with Gasteiger partial charge in [0.15, 0.2) is 10.8 Å². The Bertz CT molecular complexity index is 1150. The zero-order chi connectivity index (χ0) is 20.4. The zero-order valence-corrected chi connectivity index (χ0v) is 18.3. The summed E-state index contributed by atoms with van der Waals surface area (Å²) in [6.07, 6.45) is 0.774. The fraction of sp³-hybridized carbons (Fsp3) is 0.143. The number of benzene rings is 2. The molecule has 0 unspecified atom stereocenters. The van der Waals surface area contributed by atoms with Crippen LogP contribution in [0.25, 0.3) is 5.69 Å². The normalized spacial score (nSPS) is 10.9. The Morgan fingerprint density at radius 2 is 1.83 bits per heavy atom. The Morgan fingerprint density at radius 3 is 2.55 bits per heavy atom. The van der Waals surface area contributed by atoms with Gasteiger partial charge < -0.3 is 0 Å². The lowest BCUT2D eigenvalue weighted by Gasteiger charge is -2.03. The van der Waals surface area contributed by atoms with Crippen LogP contribution in [-0.4, -0.2) is 25.9 Å². The molecule has 2 aromatic carbocycles. The zero-order valence-electron chi connectivity index (χ0n) is 15.9. The molecule has 6 nitrogen and oxygen atoms in total. The number of carbonyl (C=O) groups excluding carboxylic acids is 1. The van der Waals surface area contributed by atoms with Crippen LogP contribution < -0.4 is 5.32 Å². The minimum absolute atomic E-state index is 0.288. The van der Waals surface area contributed by atoms with Crippen LogP contribution in [0.5, 0.6) is 0 Å². The summed E-state index contributed by atoms with van der Waals surface area (Å²) in [5, 5.41) is 11.6. The number of rotatable bonds is 5. The number of para-hydroxylation sites is 1. The van der Waals surface area contributed by atoms with E-state index >= 15 is 0 Å². The van der Waals surface area contributed by atoms with E-state index in [2.05, 4.69) is 48.7 Å². The summed E-state index contributed by atoms with van der Waals surface area (Å²) in [6.45, 7) is 3.78. The molecule has 0 aliphatic heterocycles. The molecule has 0 aliphatic carbocycles. The maximum atomic E-state index is 12.7. The van der Waals surface area contributed by atoms with Gasteiger partial charge in [0, 0.05) is 15.8 Å². The number of carbonyl (C=O) groups is 1. The van der Waals surface area contributed by atoms with Crippen molar-refractivity contribution in [1.29, 1.82) is 0 Å². The topological polar surface area (TPSA) is 72.7 Å². The summed E-state index contributed by atoms with van der Waals surface area (Å²) in [7, 11) is 0. The second kappa shape index (κ2) is 8.26. The van der Waals surface area contributed by atoms with Crippen molar-refractivity contribution < 1.29 is 4.79 Å². The Morgan fingerprint density at radius 1 is 1.10 bits per heavy atom. The molecule has 8 heteroatoms. The Hall–Kier alpha value is -2.84. The number of nitrogens with zero attached hydrogens (tertiary/aromatic N) is 4. The first-order valence-electron chi connectivity index (χ1n) is 9.01. The summed E-state index contributed by atoms with van der Waals surface area (Å²) < 4.78 is 2.70. The van der Waals surface area contributed by atoms with Gasteiger partial charge in [0.05, 0.1) is 17.1 Å². The lowest BCUT2D eigenvalue weighted by Crippen LogP contribution is -2.14. The molecule has 0 aliphatic rings. The van der Waals surface area contributed by atoms with Gasteiger partial charge in [0.1, 0.15) is 0 Å². The molecule has 0 saturated heterocycles. The predicted molar refractivity (Wildman–Crippen MR) is 118 cm³/mol. The highest BCUT2D eigenvalue weighted by atomic mass is 79.9.